The highest BCUT2D eigenvalue weighted by molar-refractivity contribution is 5.76. The van der Waals surface area contributed by atoms with Gasteiger partial charge in [0.1, 0.15) is 0 Å². The van der Waals surface area contributed by atoms with Crippen LogP contribution in [0.1, 0.15) is 24.8 Å². The molecule has 5 heteroatoms. The van der Waals surface area contributed by atoms with Crippen molar-refractivity contribution in [3.63, 3.8) is 0 Å². The van der Waals surface area contributed by atoms with Gasteiger partial charge in [0.15, 0.2) is 0 Å². The predicted octanol–water partition coefficient (Wildman–Crippen LogP) is 0.435. The molecule has 94 valence electrons. The number of nitrogens with zero attached hydrogens (tertiary/aromatic N) is 2. The SMILES string of the molecule is Cc1cnn(CCNC(=O)CC(N)C2CC2)c1. The van der Waals surface area contributed by atoms with Crippen molar-refractivity contribution < 1.29 is 4.79 Å². The summed E-state index contributed by atoms with van der Waals surface area (Å²) in [7, 11) is 0. The topological polar surface area (TPSA) is 72.9 Å². The summed E-state index contributed by atoms with van der Waals surface area (Å²) >= 11 is 0. The summed E-state index contributed by atoms with van der Waals surface area (Å²) in [6.45, 7) is 3.31. The Kier molecular flexibility index (Phi) is 3.78. The zero-order valence-electron chi connectivity index (χ0n) is 10.2. The Morgan fingerprint density at radius 2 is 2.47 bits per heavy atom. The minimum atomic E-state index is 0.0435. The van der Waals surface area contributed by atoms with Gasteiger partial charge in [-0.1, -0.05) is 0 Å². The Morgan fingerprint density at radius 3 is 3.06 bits per heavy atom. The van der Waals surface area contributed by atoms with Crippen molar-refractivity contribution in [1.82, 2.24) is 15.1 Å². The van der Waals surface area contributed by atoms with Gasteiger partial charge in [0.25, 0.3) is 0 Å². The van der Waals surface area contributed by atoms with Gasteiger partial charge in [-0.3, -0.25) is 9.48 Å². The lowest BCUT2D eigenvalue weighted by atomic mass is 10.1. The molecule has 1 aromatic rings. The molecule has 1 fully saturated rings. The van der Waals surface area contributed by atoms with E-state index < -0.39 is 0 Å². The third kappa shape index (κ3) is 3.85. The Morgan fingerprint density at radius 1 is 1.71 bits per heavy atom. The van der Waals surface area contributed by atoms with Crippen LogP contribution in [0.5, 0.6) is 0 Å². The van der Waals surface area contributed by atoms with Crippen molar-refractivity contribution in [3.05, 3.63) is 18.0 Å². The number of amides is 1. The second-order valence-electron chi connectivity index (χ2n) is 4.84. The summed E-state index contributed by atoms with van der Waals surface area (Å²) in [5.74, 6) is 0.628. The van der Waals surface area contributed by atoms with E-state index in [4.69, 9.17) is 5.73 Å². The highest BCUT2D eigenvalue weighted by Crippen LogP contribution is 2.32. The van der Waals surface area contributed by atoms with Crippen LogP contribution in [0, 0.1) is 12.8 Å². The molecule has 0 radical (unpaired) electrons. The first kappa shape index (κ1) is 12.1. The largest absolute Gasteiger partial charge is 0.354 e. The zero-order chi connectivity index (χ0) is 12.3. The minimum Gasteiger partial charge on any atom is -0.354 e. The average molecular weight is 236 g/mol. The van der Waals surface area contributed by atoms with Crippen LogP contribution in [0.2, 0.25) is 0 Å². The second kappa shape index (κ2) is 5.31. The van der Waals surface area contributed by atoms with Crippen molar-refractivity contribution in [2.45, 2.75) is 38.8 Å². The fourth-order valence-electron chi connectivity index (χ4n) is 1.88. The third-order valence-corrected chi connectivity index (χ3v) is 3.07. The minimum absolute atomic E-state index is 0.0435. The third-order valence-electron chi connectivity index (χ3n) is 3.07. The number of hydrogen-bond acceptors (Lipinski definition) is 3. The first-order valence-corrected chi connectivity index (χ1v) is 6.16. The molecule has 2 rings (SSSR count). The fraction of sp³-hybridized carbons (Fsp3) is 0.667. The lowest BCUT2D eigenvalue weighted by Crippen LogP contribution is -2.34. The Bertz CT molecular complexity index is 384. The maximum atomic E-state index is 11.6. The summed E-state index contributed by atoms with van der Waals surface area (Å²) < 4.78 is 1.83. The van der Waals surface area contributed by atoms with Crippen LogP contribution in [0.25, 0.3) is 0 Å². The molecular formula is C12H20N4O. The number of aromatic nitrogens is 2. The summed E-state index contributed by atoms with van der Waals surface area (Å²) in [5.41, 5.74) is 7.02. The molecule has 1 unspecified atom stereocenters. The lowest BCUT2D eigenvalue weighted by Gasteiger charge is -2.10. The maximum Gasteiger partial charge on any atom is 0.221 e. The van der Waals surface area contributed by atoms with E-state index in [-0.39, 0.29) is 11.9 Å². The van der Waals surface area contributed by atoms with E-state index in [1.807, 2.05) is 24.0 Å². The molecule has 1 amide bonds. The van der Waals surface area contributed by atoms with Crippen LogP contribution in [0.3, 0.4) is 0 Å². The Hall–Kier alpha value is -1.36. The molecule has 0 spiro atoms. The zero-order valence-corrected chi connectivity index (χ0v) is 10.2. The van der Waals surface area contributed by atoms with Gasteiger partial charge in [0.2, 0.25) is 5.91 Å². The van der Waals surface area contributed by atoms with Gasteiger partial charge in [-0.25, -0.2) is 0 Å². The van der Waals surface area contributed by atoms with Crippen LogP contribution in [-0.2, 0) is 11.3 Å². The van der Waals surface area contributed by atoms with Gasteiger partial charge < -0.3 is 11.1 Å². The molecule has 1 saturated carbocycles. The highest BCUT2D eigenvalue weighted by Gasteiger charge is 2.29. The molecule has 1 aromatic heterocycles. The molecule has 3 N–H and O–H groups in total. The highest BCUT2D eigenvalue weighted by atomic mass is 16.1. The number of hydrogen-bond donors (Lipinski definition) is 2. The smallest absolute Gasteiger partial charge is 0.221 e. The molecule has 0 aromatic carbocycles. The molecular weight excluding hydrogens is 216 g/mol. The predicted molar refractivity (Wildman–Crippen MR) is 65.3 cm³/mol. The Balaban J connectivity index is 1.62. The van der Waals surface area contributed by atoms with Gasteiger partial charge in [-0.05, 0) is 31.2 Å². The summed E-state index contributed by atoms with van der Waals surface area (Å²) in [6.07, 6.45) is 6.58. The van der Waals surface area contributed by atoms with E-state index in [0.717, 1.165) is 5.56 Å². The number of aryl methyl sites for hydroxylation is 1. The normalized spacial score (nSPS) is 16.8. The van der Waals surface area contributed by atoms with Crippen LogP contribution < -0.4 is 11.1 Å². The second-order valence-corrected chi connectivity index (χ2v) is 4.84. The van der Waals surface area contributed by atoms with Crippen LogP contribution in [0.4, 0.5) is 0 Å². The molecule has 1 aliphatic rings. The maximum absolute atomic E-state index is 11.6. The number of rotatable bonds is 6. The first-order valence-electron chi connectivity index (χ1n) is 6.16. The van der Waals surface area contributed by atoms with E-state index in [9.17, 15) is 4.79 Å². The van der Waals surface area contributed by atoms with E-state index in [1.165, 1.54) is 12.8 Å². The number of carbonyl (C=O) groups is 1. The van der Waals surface area contributed by atoms with Crippen molar-refractivity contribution in [3.8, 4) is 0 Å². The molecule has 1 atom stereocenters. The summed E-state index contributed by atoms with van der Waals surface area (Å²) in [6, 6.07) is 0.0435. The van der Waals surface area contributed by atoms with Gasteiger partial charge >= 0.3 is 0 Å². The quantitative estimate of drug-likeness (QED) is 0.752. The lowest BCUT2D eigenvalue weighted by molar-refractivity contribution is -0.121. The molecule has 1 heterocycles. The van der Waals surface area contributed by atoms with Gasteiger partial charge in [-0.2, -0.15) is 5.10 Å². The molecule has 1 aliphatic carbocycles. The van der Waals surface area contributed by atoms with Crippen LogP contribution >= 0.6 is 0 Å². The van der Waals surface area contributed by atoms with Crippen molar-refractivity contribution in [1.29, 1.82) is 0 Å². The Labute approximate surface area is 101 Å². The first-order chi connectivity index (χ1) is 8.15. The van der Waals surface area contributed by atoms with E-state index in [1.54, 1.807) is 0 Å². The summed E-state index contributed by atoms with van der Waals surface area (Å²) in [5, 5.41) is 7.03. The van der Waals surface area contributed by atoms with Gasteiger partial charge in [-0.15, -0.1) is 0 Å². The monoisotopic (exact) mass is 236 g/mol. The average Bonchev–Trinajstić information content (AvgIpc) is 3.04. The van der Waals surface area contributed by atoms with Crippen molar-refractivity contribution in [2.75, 3.05) is 6.54 Å². The fourth-order valence-corrected chi connectivity index (χ4v) is 1.88. The van der Waals surface area contributed by atoms with E-state index in [2.05, 4.69) is 10.4 Å². The molecule has 0 bridgehead atoms. The van der Waals surface area contributed by atoms with Crippen molar-refractivity contribution >= 4 is 5.91 Å². The standard InChI is InChI=1S/C12H20N4O/c1-9-7-15-16(8-9)5-4-14-12(17)6-11(13)10-2-3-10/h7-8,10-11H,2-6,13H2,1H3,(H,14,17). The number of carbonyl (C=O) groups excluding carboxylic acids is 1. The van der Waals surface area contributed by atoms with Gasteiger partial charge in [0, 0.05) is 25.2 Å². The number of nitrogens with one attached hydrogen (secondary N) is 1. The molecule has 5 nitrogen and oxygen atoms in total. The number of nitrogens with two attached hydrogens (primary N) is 1. The molecule has 17 heavy (non-hydrogen) atoms. The van der Waals surface area contributed by atoms with E-state index in [0.29, 0.717) is 25.4 Å². The van der Waals surface area contributed by atoms with Crippen LogP contribution in [0.15, 0.2) is 12.4 Å². The van der Waals surface area contributed by atoms with Crippen LogP contribution in [-0.4, -0.2) is 28.3 Å². The molecule has 0 aliphatic heterocycles. The molecule has 0 saturated heterocycles. The summed E-state index contributed by atoms with van der Waals surface area (Å²) in [4.78, 5) is 11.6. The van der Waals surface area contributed by atoms with Gasteiger partial charge in [0.05, 0.1) is 12.7 Å². The van der Waals surface area contributed by atoms with Crippen molar-refractivity contribution in [2.24, 2.45) is 11.7 Å². The van der Waals surface area contributed by atoms with E-state index >= 15 is 0 Å².